The lowest BCUT2D eigenvalue weighted by Crippen LogP contribution is -2.26. The van der Waals surface area contributed by atoms with Crippen LogP contribution in [0.4, 0.5) is 13.2 Å². The highest BCUT2D eigenvalue weighted by Gasteiger charge is 2.39. The fraction of sp³-hybridized carbons (Fsp3) is 0.174. The average molecular weight is 440 g/mol. The Hall–Kier alpha value is -3.88. The smallest absolute Gasteiger partial charge is 0.433 e. The highest BCUT2D eigenvalue weighted by molar-refractivity contribution is 5.99. The van der Waals surface area contributed by atoms with E-state index in [0.29, 0.717) is 4.68 Å². The van der Waals surface area contributed by atoms with E-state index in [0.717, 1.165) is 46.5 Å². The number of methoxy groups -OCH3 is 1. The van der Waals surface area contributed by atoms with Crippen molar-refractivity contribution in [1.29, 1.82) is 0 Å². The number of pyridine rings is 1. The lowest BCUT2D eigenvalue weighted by atomic mass is 9.96. The first-order valence-corrected chi connectivity index (χ1v) is 9.67. The van der Waals surface area contributed by atoms with Crippen molar-refractivity contribution >= 4 is 16.7 Å². The molecule has 0 saturated carbocycles. The minimum atomic E-state index is -4.69. The first-order valence-electron chi connectivity index (χ1n) is 9.67. The molecule has 32 heavy (non-hydrogen) atoms. The van der Waals surface area contributed by atoms with Crippen LogP contribution in [0.5, 0.6) is 5.75 Å². The molecule has 9 heteroatoms. The van der Waals surface area contributed by atoms with Crippen LogP contribution in [0.1, 0.15) is 21.6 Å². The Balaban J connectivity index is 1.65. The van der Waals surface area contributed by atoms with Gasteiger partial charge in [0.1, 0.15) is 5.75 Å². The lowest BCUT2D eigenvalue weighted by molar-refractivity contribution is -0.144. The molecule has 0 radical (unpaired) electrons. The van der Waals surface area contributed by atoms with Crippen molar-refractivity contribution in [3.8, 4) is 16.9 Å². The maximum atomic E-state index is 13.3. The number of aryl methyl sites for hydroxylation is 1. The second-order valence-electron chi connectivity index (χ2n) is 7.14. The zero-order valence-electron chi connectivity index (χ0n) is 17.3. The maximum Gasteiger partial charge on any atom is 0.433 e. The third-order valence-corrected chi connectivity index (χ3v) is 5.18. The van der Waals surface area contributed by atoms with E-state index in [9.17, 15) is 18.0 Å². The van der Waals surface area contributed by atoms with Gasteiger partial charge < -0.3 is 10.1 Å². The van der Waals surface area contributed by atoms with Gasteiger partial charge in [-0.15, -0.1) is 0 Å². The third kappa shape index (κ3) is 4.01. The molecule has 2 heterocycles. The molecule has 2 aromatic carbocycles. The molecule has 0 aliphatic rings. The van der Waals surface area contributed by atoms with Crippen molar-refractivity contribution in [2.24, 2.45) is 7.05 Å². The van der Waals surface area contributed by atoms with Crippen LogP contribution in [0, 0.1) is 0 Å². The van der Waals surface area contributed by atoms with Crippen molar-refractivity contribution in [1.82, 2.24) is 20.1 Å². The molecule has 1 N–H and O–H groups in total. The lowest BCUT2D eigenvalue weighted by Gasteiger charge is -2.13. The Morgan fingerprint density at radius 2 is 1.94 bits per heavy atom. The molecule has 2 aromatic heterocycles. The molecule has 164 valence electrons. The summed E-state index contributed by atoms with van der Waals surface area (Å²) < 4.78 is 45.8. The number of carbonyl (C=O) groups is 1. The van der Waals surface area contributed by atoms with Crippen LogP contribution in [0.25, 0.3) is 21.9 Å². The monoisotopic (exact) mass is 440 g/mol. The highest BCUT2D eigenvalue weighted by atomic mass is 19.4. The number of carbonyl (C=O) groups excluding carboxylic acids is 1. The van der Waals surface area contributed by atoms with E-state index in [1.165, 1.54) is 0 Å². The summed E-state index contributed by atoms with van der Waals surface area (Å²) in [5, 5.41) is 7.84. The fourth-order valence-electron chi connectivity index (χ4n) is 3.66. The predicted octanol–water partition coefficient (Wildman–Crippen LogP) is 4.59. The van der Waals surface area contributed by atoms with Gasteiger partial charge in [0.25, 0.3) is 5.91 Å². The molecule has 0 atom stereocenters. The van der Waals surface area contributed by atoms with E-state index >= 15 is 0 Å². The van der Waals surface area contributed by atoms with Gasteiger partial charge >= 0.3 is 6.18 Å². The van der Waals surface area contributed by atoms with Crippen LogP contribution in [0.2, 0.25) is 0 Å². The summed E-state index contributed by atoms with van der Waals surface area (Å²) in [6.07, 6.45) is -0.429. The summed E-state index contributed by atoms with van der Waals surface area (Å²) >= 11 is 0. The number of alkyl halides is 3. The molecule has 6 nitrogen and oxygen atoms in total. The molecule has 0 spiro atoms. The number of nitrogens with one attached hydrogen (secondary N) is 1. The number of nitrogens with zero attached hydrogens (tertiary/aromatic N) is 3. The minimum absolute atomic E-state index is 0.0333. The third-order valence-electron chi connectivity index (χ3n) is 5.18. The summed E-state index contributed by atoms with van der Waals surface area (Å²) in [6.45, 7) is 0.0333. The number of fused-ring (bicyclic) bond motifs is 1. The van der Waals surface area contributed by atoms with Crippen LogP contribution in [0.3, 0.4) is 0 Å². The summed E-state index contributed by atoms with van der Waals surface area (Å²) in [7, 11) is 2.75. The van der Waals surface area contributed by atoms with E-state index in [1.807, 2.05) is 42.5 Å². The van der Waals surface area contributed by atoms with E-state index in [2.05, 4.69) is 15.4 Å². The van der Waals surface area contributed by atoms with Gasteiger partial charge in [0.2, 0.25) is 0 Å². The van der Waals surface area contributed by atoms with Gasteiger partial charge in [0.15, 0.2) is 5.69 Å². The van der Waals surface area contributed by atoms with Crippen molar-refractivity contribution in [3.63, 3.8) is 0 Å². The van der Waals surface area contributed by atoms with E-state index in [4.69, 9.17) is 4.74 Å². The van der Waals surface area contributed by atoms with Crippen LogP contribution >= 0.6 is 0 Å². The molecule has 4 aromatic rings. The number of hydrogen-bond donors (Lipinski definition) is 1. The standard InChI is InChI=1S/C23H19F3N4O2/c1-30-21(23(24,25)26)20(13-29-30)22(31)28-11-15-6-7-17(18-8-9-27-12-19(15)18)14-4-3-5-16(10-14)32-2/h3-10,12-13H,11H2,1-2H3,(H,28,31). The Morgan fingerprint density at radius 1 is 1.12 bits per heavy atom. The number of aromatic nitrogens is 3. The number of rotatable bonds is 5. The molecule has 0 aliphatic carbocycles. The summed E-state index contributed by atoms with van der Waals surface area (Å²) in [5.41, 5.74) is 1.01. The molecular weight excluding hydrogens is 421 g/mol. The van der Waals surface area contributed by atoms with Gasteiger partial charge in [-0.05, 0) is 40.3 Å². The maximum absolute atomic E-state index is 13.3. The van der Waals surface area contributed by atoms with E-state index in [1.54, 1.807) is 19.5 Å². The average Bonchev–Trinajstić information content (AvgIpc) is 3.19. The summed E-state index contributed by atoms with van der Waals surface area (Å²) in [4.78, 5) is 16.7. The quantitative estimate of drug-likeness (QED) is 0.493. The molecule has 0 bridgehead atoms. The molecule has 0 fully saturated rings. The Kier molecular flexibility index (Phi) is 5.56. The van der Waals surface area contributed by atoms with Crippen molar-refractivity contribution in [2.75, 3.05) is 7.11 Å². The molecule has 1 amide bonds. The Labute approximate surface area is 181 Å². The molecule has 0 aliphatic heterocycles. The molecule has 4 rings (SSSR count). The molecular formula is C23H19F3N4O2. The van der Waals surface area contributed by atoms with Crippen molar-refractivity contribution in [3.05, 3.63) is 77.9 Å². The van der Waals surface area contributed by atoms with Crippen LogP contribution in [0.15, 0.2) is 61.1 Å². The number of hydrogen-bond acceptors (Lipinski definition) is 4. The fourth-order valence-corrected chi connectivity index (χ4v) is 3.66. The topological polar surface area (TPSA) is 69.0 Å². The second-order valence-corrected chi connectivity index (χ2v) is 7.14. The van der Waals surface area contributed by atoms with Crippen molar-refractivity contribution in [2.45, 2.75) is 12.7 Å². The number of halogens is 3. The van der Waals surface area contributed by atoms with Crippen LogP contribution < -0.4 is 10.1 Å². The van der Waals surface area contributed by atoms with Crippen molar-refractivity contribution < 1.29 is 22.7 Å². The van der Waals surface area contributed by atoms with Gasteiger partial charge in [-0.25, -0.2) is 0 Å². The highest BCUT2D eigenvalue weighted by Crippen LogP contribution is 2.33. The van der Waals surface area contributed by atoms with E-state index < -0.39 is 23.3 Å². The van der Waals surface area contributed by atoms with Gasteiger partial charge in [0, 0.05) is 31.4 Å². The van der Waals surface area contributed by atoms with E-state index in [-0.39, 0.29) is 6.54 Å². The Morgan fingerprint density at radius 3 is 2.69 bits per heavy atom. The van der Waals surface area contributed by atoms with Gasteiger partial charge in [-0.3, -0.25) is 14.5 Å². The zero-order chi connectivity index (χ0) is 22.9. The first-order chi connectivity index (χ1) is 15.3. The summed E-state index contributed by atoms with van der Waals surface area (Å²) in [6, 6.07) is 13.2. The Bertz CT molecular complexity index is 1300. The SMILES string of the molecule is COc1cccc(-c2ccc(CNC(=O)c3cnn(C)c3C(F)(F)F)c3cnccc23)c1. The van der Waals surface area contributed by atoms with Gasteiger partial charge in [0.05, 0.1) is 18.9 Å². The predicted molar refractivity (Wildman–Crippen MR) is 113 cm³/mol. The van der Waals surface area contributed by atoms with Gasteiger partial charge in [-0.1, -0.05) is 24.3 Å². The molecule has 0 saturated heterocycles. The number of benzene rings is 2. The largest absolute Gasteiger partial charge is 0.497 e. The number of ether oxygens (including phenoxy) is 1. The molecule has 0 unspecified atom stereocenters. The van der Waals surface area contributed by atoms with Crippen LogP contribution in [-0.2, 0) is 19.8 Å². The summed E-state index contributed by atoms with van der Waals surface area (Å²) in [5.74, 6) is -0.127. The number of amides is 1. The van der Waals surface area contributed by atoms with Gasteiger partial charge in [-0.2, -0.15) is 18.3 Å². The first kappa shape index (κ1) is 21.4. The minimum Gasteiger partial charge on any atom is -0.497 e. The zero-order valence-corrected chi connectivity index (χ0v) is 17.3. The van der Waals surface area contributed by atoms with Crippen LogP contribution in [-0.4, -0.2) is 27.8 Å². The normalized spacial score (nSPS) is 11.5. The second kappa shape index (κ2) is 8.33.